The van der Waals surface area contributed by atoms with E-state index in [-0.39, 0.29) is 18.1 Å². The zero-order valence-corrected chi connectivity index (χ0v) is 9.45. The minimum atomic E-state index is -0.320. The molecular formula is C12H15NO3. The monoisotopic (exact) mass is 221 g/mol. The van der Waals surface area contributed by atoms with Crippen molar-refractivity contribution >= 4 is 17.4 Å². The molecule has 0 bridgehead atoms. The fourth-order valence-electron chi connectivity index (χ4n) is 1.27. The van der Waals surface area contributed by atoms with E-state index in [1.54, 1.807) is 18.2 Å². The van der Waals surface area contributed by atoms with Gasteiger partial charge in [-0.05, 0) is 26.0 Å². The summed E-state index contributed by atoms with van der Waals surface area (Å²) in [6.45, 7) is 3.78. The first-order chi connectivity index (χ1) is 7.63. The van der Waals surface area contributed by atoms with Gasteiger partial charge in [0.1, 0.15) is 11.5 Å². The number of anilines is 1. The number of para-hydroxylation sites is 2. The predicted octanol–water partition coefficient (Wildman–Crippen LogP) is 2.00. The molecule has 0 spiro atoms. The molecule has 0 fully saturated rings. The predicted molar refractivity (Wildman–Crippen MR) is 61.5 cm³/mol. The standard InChI is InChI=1S/C12H15NO3/c1-3-16-11-7-5-4-6-10(11)13-12(15)8-9(2)14/h4-7H,3,8H2,1-2H3,(H,13,15). The number of benzene rings is 1. The number of Topliss-reactive ketones (excluding diaryl/α,β-unsaturated/α-hetero) is 1. The van der Waals surface area contributed by atoms with E-state index < -0.39 is 0 Å². The molecule has 0 saturated heterocycles. The normalized spacial score (nSPS) is 9.62. The average molecular weight is 221 g/mol. The number of hydrogen-bond acceptors (Lipinski definition) is 3. The Balaban J connectivity index is 2.72. The van der Waals surface area contributed by atoms with Crippen LogP contribution in [0.3, 0.4) is 0 Å². The van der Waals surface area contributed by atoms with E-state index >= 15 is 0 Å². The number of ketones is 1. The van der Waals surface area contributed by atoms with Crippen molar-refractivity contribution in [3.63, 3.8) is 0 Å². The molecule has 0 aliphatic carbocycles. The SMILES string of the molecule is CCOc1ccccc1NC(=O)CC(C)=O. The Labute approximate surface area is 94.6 Å². The number of nitrogens with one attached hydrogen (secondary N) is 1. The summed E-state index contributed by atoms with van der Waals surface area (Å²) in [5.41, 5.74) is 0.593. The summed E-state index contributed by atoms with van der Waals surface area (Å²) >= 11 is 0. The third-order valence-electron chi connectivity index (χ3n) is 1.87. The van der Waals surface area contributed by atoms with Gasteiger partial charge in [0.25, 0.3) is 0 Å². The average Bonchev–Trinajstić information content (AvgIpc) is 2.20. The Morgan fingerprint density at radius 3 is 2.62 bits per heavy atom. The highest BCUT2D eigenvalue weighted by Gasteiger charge is 2.08. The minimum absolute atomic E-state index is 0.111. The van der Waals surface area contributed by atoms with Crippen LogP contribution in [0, 0.1) is 0 Å². The Morgan fingerprint density at radius 1 is 1.31 bits per heavy atom. The molecule has 16 heavy (non-hydrogen) atoms. The summed E-state index contributed by atoms with van der Waals surface area (Å²) in [4.78, 5) is 22.2. The first-order valence-electron chi connectivity index (χ1n) is 5.14. The first kappa shape index (κ1) is 12.2. The summed E-state index contributed by atoms with van der Waals surface area (Å²) in [6, 6.07) is 7.13. The van der Waals surface area contributed by atoms with Crippen LogP contribution in [0.5, 0.6) is 5.75 Å². The smallest absolute Gasteiger partial charge is 0.231 e. The van der Waals surface area contributed by atoms with E-state index in [9.17, 15) is 9.59 Å². The Morgan fingerprint density at radius 2 is 2.00 bits per heavy atom. The van der Waals surface area contributed by atoms with Gasteiger partial charge < -0.3 is 10.1 Å². The highest BCUT2D eigenvalue weighted by molar-refractivity contribution is 6.04. The molecule has 4 heteroatoms. The summed E-state index contributed by atoms with van der Waals surface area (Å²) in [7, 11) is 0. The van der Waals surface area contributed by atoms with Crippen LogP contribution in [0.25, 0.3) is 0 Å². The lowest BCUT2D eigenvalue weighted by Gasteiger charge is -2.10. The third kappa shape index (κ3) is 3.73. The van der Waals surface area contributed by atoms with Crippen LogP contribution in [0.2, 0.25) is 0 Å². The van der Waals surface area contributed by atoms with Gasteiger partial charge in [-0.1, -0.05) is 12.1 Å². The maximum atomic E-state index is 11.4. The molecule has 1 N–H and O–H groups in total. The Hall–Kier alpha value is -1.84. The maximum Gasteiger partial charge on any atom is 0.231 e. The number of rotatable bonds is 5. The number of carbonyl (C=O) groups excluding carboxylic acids is 2. The topological polar surface area (TPSA) is 55.4 Å². The van der Waals surface area contributed by atoms with Crippen molar-refractivity contribution in [2.75, 3.05) is 11.9 Å². The van der Waals surface area contributed by atoms with Crippen LogP contribution < -0.4 is 10.1 Å². The molecule has 0 unspecified atom stereocenters. The van der Waals surface area contributed by atoms with Gasteiger partial charge in [0, 0.05) is 0 Å². The lowest BCUT2D eigenvalue weighted by Crippen LogP contribution is -2.15. The van der Waals surface area contributed by atoms with Crippen LogP contribution in [0.15, 0.2) is 24.3 Å². The van der Waals surface area contributed by atoms with Crippen LogP contribution in [0.1, 0.15) is 20.3 Å². The fraction of sp³-hybridized carbons (Fsp3) is 0.333. The van der Waals surface area contributed by atoms with Crippen LogP contribution in [-0.2, 0) is 9.59 Å². The summed E-state index contributed by atoms with van der Waals surface area (Å²) in [6.07, 6.45) is -0.111. The van der Waals surface area contributed by atoms with Crippen molar-refractivity contribution < 1.29 is 14.3 Å². The number of ether oxygens (including phenoxy) is 1. The molecule has 1 rings (SSSR count). The second-order valence-electron chi connectivity index (χ2n) is 3.36. The molecule has 4 nitrogen and oxygen atoms in total. The highest BCUT2D eigenvalue weighted by atomic mass is 16.5. The second kappa shape index (κ2) is 5.90. The van der Waals surface area contributed by atoms with Gasteiger partial charge >= 0.3 is 0 Å². The van der Waals surface area contributed by atoms with Crippen LogP contribution >= 0.6 is 0 Å². The lowest BCUT2D eigenvalue weighted by atomic mass is 10.2. The van der Waals surface area contributed by atoms with E-state index in [1.807, 2.05) is 13.0 Å². The van der Waals surface area contributed by atoms with Gasteiger partial charge in [-0.15, -0.1) is 0 Å². The Bertz CT molecular complexity index is 388. The molecule has 1 aromatic carbocycles. The van der Waals surface area contributed by atoms with Gasteiger partial charge in [0.2, 0.25) is 5.91 Å². The third-order valence-corrected chi connectivity index (χ3v) is 1.87. The minimum Gasteiger partial charge on any atom is -0.492 e. The van der Waals surface area contributed by atoms with Crippen molar-refractivity contribution in [3.8, 4) is 5.75 Å². The van der Waals surface area contributed by atoms with E-state index in [4.69, 9.17) is 4.74 Å². The van der Waals surface area contributed by atoms with Crippen molar-refractivity contribution in [3.05, 3.63) is 24.3 Å². The molecule has 0 aromatic heterocycles. The quantitative estimate of drug-likeness (QED) is 0.774. The van der Waals surface area contributed by atoms with Crippen molar-refractivity contribution in [1.82, 2.24) is 0 Å². The largest absolute Gasteiger partial charge is 0.492 e. The molecular weight excluding hydrogens is 206 g/mol. The molecule has 0 saturated carbocycles. The lowest BCUT2D eigenvalue weighted by molar-refractivity contribution is -0.124. The Kier molecular flexibility index (Phi) is 4.51. The van der Waals surface area contributed by atoms with Gasteiger partial charge in [-0.3, -0.25) is 9.59 Å². The zero-order chi connectivity index (χ0) is 12.0. The van der Waals surface area contributed by atoms with Gasteiger partial charge in [-0.25, -0.2) is 0 Å². The molecule has 0 aliphatic heterocycles. The molecule has 1 aromatic rings. The maximum absolute atomic E-state index is 11.4. The van der Waals surface area contributed by atoms with Crippen LogP contribution in [0.4, 0.5) is 5.69 Å². The molecule has 0 atom stereocenters. The van der Waals surface area contributed by atoms with Gasteiger partial charge in [-0.2, -0.15) is 0 Å². The van der Waals surface area contributed by atoms with Crippen molar-refractivity contribution in [2.45, 2.75) is 20.3 Å². The molecule has 0 radical (unpaired) electrons. The number of hydrogen-bond donors (Lipinski definition) is 1. The van der Waals surface area contributed by atoms with E-state index in [2.05, 4.69) is 5.32 Å². The highest BCUT2D eigenvalue weighted by Crippen LogP contribution is 2.23. The fourth-order valence-corrected chi connectivity index (χ4v) is 1.27. The van der Waals surface area contributed by atoms with E-state index in [0.29, 0.717) is 18.0 Å². The number of carbonyl (C=O) groups is 2. The summed E-state index contributed by atoms with van der Waals surface area (Å²) in [5.74, 6) is 0.132. The van der Waals surface area contributed by atoms with Crippen molar-refractivity contribution in [2.24, 2.45) is 0 Å². The van der Waals surface area contributed by atoms with Gasteiger partial charge in [0.05, 0.1) is 18.7 Å². The van der Waals surface area contributed by atoms with E-state index in [1.165, 1.54) is 6.92 Å². The summed E-state index contributed by atoms with van der Waals surface area (Å²) in [5, 5.41) is 2.64. The first-order valence-corrected chi connectivity index (χ1v) is 5.14. The number of amides is 1. The van der Waals surface area contributed by atoms with Crippen LogP contribution in [-0.4, -0.2) is 18.3 Å². The van der Waals surface area contributed by atoms with Gasteiger partial charge in [0.15, 0.2) is 0 Å². The zero-order valence-electron chi connectivity index (χ0n) is 9.45. The summed E-state index contributed by atoms with van der Waals surface area (Å²) < 4.78 is 5.34. The van der Waals surface area contributed by atoms with E-state index in [0.717, 1.165) is 0 Å². The second-order valence-corrected chi connectivity index (χ2v) is 3.36. The molecule has 1 amide bonds. The molecule has 0 aliphatic rings. The molecule has 0 heterocycles. The molecule has 86 valence electrons. The van der Waals surface area contributed by atoms with Crippen molar-refractivity contribution in [1.29, 1.82) is 0 Å².